The number of rotatable bonds is 4. The number of amides is 1. The number of nitrogens with two attached hydrogens (primary N) is 1. The molecule has 19 heavy (non-hydrogen) atoms. The van der Waals surface area contributed by atoms with Gasteiger partial charge in [0.2, 0.25) is 0 Å². The van der Waals surface area contributed by atoms with Crippen LogP contribution in [0.4, 0.5) is 0 Å². The average Bonchev–Trinajstić information content (AvgIpc) is 2.34. The number of hydrogen-bond donors (Lipinski definition) is 1. The van der Waals surface area contributed by atoms with Crippen LogP contribution < -0.4 is 5.73 Å². The van der Waals surface area contributed by atoms with Crippen LogP contribution in [0.15, 0.2) is 24.3 Å². The molecule has 2 N–H and O–H groups in total. The molecule has 0 bridgehead atoms. The van der Waals surface area contributed by atoms with Gasteiger partial charge in [-0.05, 0) is 17.0 Å². The molecule has 0 spiro atoms. The molecular weight excluding hydrogens is 256 g/mol. The first-order chi connectivity index (χ1) is 8.73. The molecule has 104 valence electrons. The van der Waals surface area contributed by atoms with Gasteiger partial charge in [0.05, 0.1) is 4.99 Å². The molecule has 0 radical (unpaired) electrons. The third kappa shape index (κ3) is 4.31. The lowest BCUT2D eigenvalue weighted by Crippen LogP contribution is -2.32. The van der Waals surface area contributed by atoms with Crippen molar-refractivity contribution in [2.24, 2.45) is 5.73 Å². The molecule has 0 aliphatic heterocycles. The largest absolute Gasteiger partial charge is 0.393 e. The molecule has 0 atom stereocenters. The zero-order valence-corrected chi connectivity index (χ0v) is 12.9. The van der Waals surface area contributed by atoms with Crippen molar-refractivity contribution in [2.45, 2.75) is 32.6 Å². The highest BCUT2D eigenvalue weighted by Gasteiger charge is 2.22. The van der Waals surface area contributed by atoms with Gasteiger partial charge < -0.3 is 10.6 Å². The Labute approximate surface area is 120 Å². The summed E-state index contributed by atoms with van der Waals surface area (Å²) in [7, 11) is 1.78. The van der Waals surface area contributed by atoms with Crippen LogP contribution in [0, 0.1) is 0 Å². The molecule has 0 aliphatic rings. The summed E-state index contributed by atoms with van der Waals surface area (Å²) in [4.78, 5) is 14.6. The van der Waals surface area contributed by atoms with Crippen molar-refractivity contribution in [2.75, 3.05) is 13.6 Å². The van der Waals surface area contributed by atoms with Gasteiger partial charge in [-0.25, -0.2) is 0 Å². The predicted octanol–water partition coefficient (Wildman–Crippen LogP) is 2.73. The maximum Gasteiger partial charge on any atom is 0.253 e. The summed E-state index contributed by atoms with van der Waals surface area (Å²) in [6.07, 6.45) is 0.551. The Balaban J connectivity index is 2.97. The molecule has 0 aliphatic carbocycles. The molecule has 1 aromatic carbocycles. The lowest BCUT2D eigenvalue weighted by Gasteiger charge is -2.25. The Morgan fingerprint density at radius 2 is 1.89 bits per heavy atom. The number of hydrogen-bond acceptors (Lipinski definition) is 2. The lowest BCUT2D eigenvalue weighted by molar-refractivity contribution is 0.0796. The second kappa shape index (κ2) is 6.15. The molecule has 1 amide bonds. The van der Waals surface area contributed by atoms with Crippen molar-refractivity contribution < 1.29 is 4.79 Å². The molecule has 0 heterocycles. The van der Waals surface area contributed by atoms with Crippen LogP contribution in [0.25, 0.3) is 0 Å². The van der Waals surface area contributed by atoms with Crippen molar-refractivity contribution in [1.29, 1.82) is 0 Å². The monoisotopic (exact) mass is 278 g/mol. The summed E-state index contributed by atoms with van der Waals surface area (Å²) in [6.45, 7) is 6.86. The minimum absolute atomic E-state index is 0.0155. The Kier molecular flexibility index (Phi) is 5.06. The van der Waals surface area contributed by atoms with E-state index in [0.717, 1.165) is 11.1 Å². The van der Waals surface area contributed by atoms with E-state index in [9.17, 15) is 4.79 Å². The quantitative estimate of drug-likeness (QED) is 0.861. The summed E-state index contributed by atoms with van der Waals surface area (Å²) in [5, 5.41) is 0. The highest BCUT2D eigenvalue weighted by molar-refractivity contribution is 7.80. The molecule has 4 heteroatoms. The smallest absolute Gasteiger partial charge is 0.253 e. The van der Waals surface area contributed by atoms with E-state index in [2.05, 4.69) is 20.8 Å². The van der Waals surface area contributed by atoms with Crippen LogP contribution in [0.1, 0.15) is 43.1 Å². The third-order valence-electron chi connectivity index (χ3n) is 3.01. The van der Waals surface area contributed by atoms with Crippen LogP contribution in [0.3, 0.4) is 0 Å². The summed E-state index contributed by atoms with van der Waals surface area (Å²) >= 11 is 4.84. The maximum atomic E-state index is 12.5. The standard InChI is InChI=1S/C15H22N2OS/c1-15(2,3)12-8-6-5-7-11(12)14(18)17(4)10-9-13(16)19/h5-8H,9-10H2,1-4H3,(H2,16,19). The fraction of sp³-hybridized carbons (Fsp3) is 0.467. The van der Waals surface area contributed by atoms with Crippen LogP contribution in [0.5, 0.6) is 0 Å². The third-order valence-corrected chi connectivity index (χ3v) is 3.21. The highest BCUT2D eigenvalue weighted by atomic mass is 32.1. The first kappa shape index (κ1) is 15.6. The molecule has 0 saturated carbocycles. The number of carbonyl (C=O) groups excluding carboxylic acids is 1. The van der Waals surface area contributed by atoms with E-state index in [-0.39, 0.29) is 11.3 Å². The average molecular weight is 278 g/mol. The second-order valence-corrected chi connectivity index (χ2v) is 6.26. The molecular formula is C15H22N2OS. The van der Waals surface area contributed by atoms with Crippen LogP contribution in [0.2, 0.25) is 0 Å². The van der Waals surface area contributed by atoms with E-state index in [1.54, 1.807) is 11.9 Å². The van der Waals surface area contributed by atoms with E-state index in [4.69, 9.17) is 18.0 Å². The number of nitrogens with zero attached hydrogens (tertiary/aromatic N) is 1. The highest BCUT2D eigenvalue weighted by Crippen LogP contribution is 2.26. The summed E-state index contributed by atoms with van der Waals surface area (Å²) < 4.78 is 0. The maximum absolute atomic E-state index is 12.5. The Morgan fingerprint density at radius 1 is 1.32 bits per heavy atom. The molecule has 3 nitrogen and oxygen atoms in total. The van der Waals surface area contributed by atoms with E-state index >= 15 is 0 Å². The van der Waals surface area contributed by atoms with E-state index in [1.807, 2.05) is 24.3 Å². The van der Waals surface area contributed by atoms with Gasteiger partial charge >= 0.3 is 0 Å². The fourth-order valence-electron chi connectivity index (χ4n) is 1.91. The lowest BCUT2D eigenvalue weighted by atomic mass is 9.83. The molecule has 0 saturated heterocycles. The van der Waals surface area contributed by atoms with E-state index < -0.39 is 0 Å². The van der Waals surface area contributed by atoms with Crippen molar-refractivity contribution in [3.05, 3.63) is 35.4 Å². The van der Waals surface area contributed by atoms with Gasteiger partial charge in [0.15, 0.2) is 0 Å². The topological polar surface area (TPSA) is 46.3 Å². The summed E-state index contributed by atoms with van der Waals surface area (Å²) in [6, 6.07) is 7.74. The van der Waals surface area contributed by atoms with Crippen LogP contribution in [-0.4, -0.2) is 29.4 Å². The van der Waals surface area contributed by atoms with Crippen molar-refractivity contribution >= 4 is 23.1 Å². The number of benzene rings is 1. The SMILES string of the molecule is CN(CCC(N)=S)C(=O)c1ccccc1C(C)(C)C. The molecule has 0 aromatic heterocycles. The summed E-state index contributed by atoms with van der Waals surface area (Å²) in [5.74, 6) is 0.0155. The van der Waals surface area contributed by atoms with Gasteiger partial charge in [-0.15, -0.1) is 0 Å². The Morgan fingerprint density at radius 3 is 2.42 bits per heavy atom. The van der Waals surface area contributed by atoms with E-state index in [0.29, 0.717) is 18.0 Å². The van der Waals surface area contributed by atoms with Gasteiger partial charge in [-0.3, -0.25) is 4.79 Å². The first-order valence-electron chi connectivity index (χ1n) is 6.36. The zero-order valence-electron chi connectivity index (χ0n) is 12.1. The van der Waals surface area contributed by atoms with Gasteiger partial charge in [0.25, 0.3) is 5.91 Å². The van der Waals surface area contributed by atoms with Crippen LogP contribution >= 0.6 is 12.2 Å². The first-order valence-corrected chi connectivity index (χ1v) is 6.77. The van der Waals surface area contributed by atoms with Crippen molar-refractivity contribution in [3.63, 3.8) is 0 Å². The van der Waals surface area contributed by atoms with Gasteiger partial charge in [0.1, 0.15) is 0 Å². The Bertz CT molecular complexity index is 477. The Hall–Kier alpha value is -1.42. The fourth-order valence-corrected chi connectivity index (χ4v) is 2.00. The molecule has 0 fully saturated rings. The van der Waals surface area contributed by atoms with Crippen molar-refractivity contribution in [1.82, 2.24) is 4.90 Å². The van der Waals surface area contributed by atoms with Gasteiger partial charge in [0, 0.05) is 25.6 Å². The van der Waals surface area contributed by atoms with Gasteiger partial charge in [-0.2, -0.15) is 0 Å². The zero-order chi connectivity index (χ0) is 14.6. The molecule has 1 rings (SSSR count). The van der Waals surface area contributed by atoms with Crippen LogP contribution in [-0.2, 0) is 5.41 Å². The molecule has 1 aromatic rings. The summed E-state index contributed by atoms with van der Waals surface area (Å²) in [5.41, 5.74) is 7.22. The normalized spacial score (nSPS) is 11.2. The van der Waals surface area contributed by atoms with Crippen molar-refractivity contribution in [3.8, 4) is 0 Å². The minimum Gasteiger partial charge on any atom is -0.393 e. The minimum atomic E-state index is -0.0593. The number of thiocarbonyl (C=S) groups is 1. The second-order valence-electron chi connectivity index (χ2n) is 5.74. The van der Waals surface area contributed by atoms with Gasteiger partial charge in [-0.1, -0.05) is 51.2 Å². The molecule has 0 unspecified atom stereocenters. The van der Waals surface area contributed by atoms with E-state index in [1.165, 1.54) is 0 Å². The number of carbonyl (C=O) groups is 1. The predicted molar refractivity (Wildman–Crippen MR) is 83.5 cm³/mol.